The molecule has 1 saturated heterocycles. The largest absolute Gasteiger partial charge is 0.494 e. The first-order valence-corrected chi connectivity index (χ1v) is 10.0. The van der Waals surface area contributed by atoms with E-state index in [9.17, 15) is 8.42 Å². The molecule has 0 amide bonds. The fourth-order valence-corrected chi connectivity index (χ4v) is 3.17. The number of hydrogen-bond acceptors (Lipinski definition) is 5. The van der Waals surface area contributed by atoms with E-state index in [-0.39, 0.29) is 17.0 Å². The van der Waals surface area contributed by atoms with Crippen molar-refractivity contribution in [3.8, 4) is 0 Å². The predicted octanol–water partition coefficient (Wildman–Crippen LogP) is 1.38. The topological polar surface area (TPSA) is 70.4 Å². The minimum Gasteiger partial charge on any atom is -0.399 e. The third kappa shape index (κ3) is 3.23. The van der Waals surface area contributed by atoms with Crippen LogP contribution in [0.15, 0.2) is 24.4 Å². The van der Waals surface area contributed by atoms with Crippen molar-refractivity contribution in [2.45, 2.75) is 45.4 Å². The van der Waals surface area contributed by atoms with Crippen LogP contribution in [0, 0.1) is 0 Å². The monoisotopic (exact) mass is 350 g/mol. The van der Waals surface area contributed by atoms with Crippen LogP contribution in [0.3, 0.4) is 0 Å². The zero-order valence-corrected chi connectivity index (χ0v) is 15.6. The van der Waals surface area contributed by atoms with E-state index in [2.05, 4.69) is 5.10 Å². The van der Waals surface area contributed by atoms with Crippen LogP contribution in [-0.2, 0) is 25.7 Å². The highest BCUT2D eigenvalue weighted by Gasteiger charge is 2.51. The second-order valence-electron chi connectivity index (χ2n) is 7.40. The second-order valence-corrected chi connectivity index (χ2v) is 9.66. The number of benzene rings is 1. The van der Waals surface area contributed by atoms with Crippen LogP contribution < -0.4 is 5.46 Å². The summed E-state index contributed by atoms with van der Waals surface area (Å²) in [6.45, 7) is 8.44. The normalized spacial score (nSPS) is 20.0. The Morgan fingerprint density at radius 1 is 1.17 bits per heavy atom. The van der Waals surface area contributed by atoms with Crippen LogP contribution in [0.2, 0.25) is 0 Å². The van der Waals surface area contributed by atoms with Gasteiger partial charge in [0.05, 0.1) is 35.2 Å². The van der Waals surface area contributed by atoms with E-state index in [4.69, 9.17) is 9.31 Å². The van der Waals surface area contributed by atoms with Crippen molar-refractivity contribution in [2.24, 2.45) is 0 Å². The number of hydrogen-bond donors (Lipinski definition) is 0. The number of sulfone groups is 1. The van der Waals surface area contributed by atoms with Crippen molar-refractivity contribution < 1.29 is 17.7 Å². The summed E-state index contributed by atoms with van der Waals surface area (Å²) in [6.07, 6.45) is 2.97. The zero-order chi connectivity index (χ0) is 17.8. The molecule has 3 rings (SSSR count). The van der Waals surface area contributed by atoms with E-state index in [1.165, 1.54) is 6.26 Å². The van der Waals surface area contributed by atoms with Gasteiger partial charge in [-0.25, -0.2) is 8.42 Å². The highest BCUT2D eigenvalue weighted by Crippen LogP contribution is 2.36. The van der Waals surface area contributed by atoms with Crippen LogP contribution in [0.5, 0.6) is 0 Å². The Bertz CT molecular complexity index is 857. The van der Waals surface area contributed by atoms with E-state index in [0.29, 0.717) is 6.54 Å². The molecule has 0 spiro atoms. The van der Waals surface area contributed by atoms with Gasteiger partial charge in [-0.1, -0.05) is 12.1 Å². The molecule has 24 heavy (non-hydrogen) atoms. The SMILES string of the molecule is CC1(C)OB(c2ccc3c(cnn3CCS(C)(=O)=O)c2)OC1(C)C. The lowest BCUT2D eigenvalue weighted by molar-refractivity contribution is 0.00578. The summed E-state index contributed by atoms with van der Waals surface area (Å²) in [5.74, 6) is 0.0722. The summed E-state index contributed by atoms with van der Waals surface area (Å²) in [6, 6.07) is 5.87. The molecular formula is C16H23BN2O4S. The van der Waals surface area contributed by atoms with Gasteiger partial charge in [-0.3, -0.25) is 4.68 Å². The van der Waals surface area contributed by atoms with Crippen LogP contribution in [0.25, 0.3) is 10.9 Å². The Balaban J connectivity index is 1.86. The van der Waals surface area contributed by atoms with Gasteiger partial charge >= 0.3 is 7.12 Å². The molecule has 0 bridgehead atoms. The molecule has 8 heteroatoms. The third-order valence-electron chi connectivity index (χ3n) is 4.87. The number of fused-ring (bicyclic) bond motifs is 1. The van der Waals surface area contributed by atoms with Gasteiger partial charge in [0.15, 0.2) is 0 Å². The Kier molecular flexibility index (Phi) is 4.05. The van der Waals surface area contributed by atoms with E-state index in [1.807, 2.05) is 45.9 Å². The molecule has 130 valence electrons. The molecule has 0 N–H and O–H groups in total. The van der Waals surface area contributed by atoms with E-state index < -0.39 is 17.0 Å². The molecule has 0 aliphatic carbocycles. The van der Waals surface area contributed by atoms with Crippen molar-refractivity contribution >= 4 is 33.3 Å². The van der Waals surface area contributed by atoms with Gasteiger partial charge in [0.25, 0.3) is 0 Å². The summed E-state index contributed by atoms with van der Waals surface area (Å²) < 4.78 is 36.5. The van der Waals surface area contributed by atoms with Gasteiger partial charge in [-0.2, -0.15) is 5.10 Å². The van der Waals surface area contributed by atoms with Gasteiger partial charge in [0.1, 0.15) is 9.84 Å². The molecule has 2 heterocycles. The molecule has 6 nitrogen and oxygen atoms in total. The quantitative estimate of drug-likeness (QED) is 0.779. The number of rotatable bonds is 4. The highest BCUT2D eigenvalue weighted by molar-refractivity contribution is 7.90. The minimum atomic E-state index is -3.02. The molecule has 0 atom stereocenters. The molecule has 0 saturated carbocycles. The first-order valence-electron chi connectivity index (χ1n) is 7.97. The lowest BCUT2D eigenvalue weighted by Crippen LogP contribution is -2.41. The number of nitrogens with zero attached hydrogens (tertiary/aromatic N) is 2. The summed E-state index contributed by atoms with van der Waals surface area (Å²) in [4.78, 5) is 0. The van der Waals surface area contributed by atoms with Crippen molar-refractivity contribution in [1.82, 2.24) is 9.78 Å². The maximum Gasteiger partial charge on any atom is 0.494 e. The maximum absolute atomic E-state index is 11.3. The van der Waals surface area contributed by atoms with Crippen LogP contribution in [-0.4, -0.2) is 48.5 Å². The van der Waals surface area contributed by atoms with Crippen molar-refractivity contribution in [2.75, 3.05) is 12.0 Å². The van der Waals surface area contributed by atoms with Crippen molar-refractivity contribution in [3.63, 3.8) is 0 Å². The summed E-state index contributed by atoms with van der Waals surface area (Å²) >= 11 is 0. The summed E-state index contributed by atoms with van der Waals surface area (Å²) in [7, 11) is -3.43. The van der Waals surface area contributed by atoms with Gasteiger partial charge in [0.2, 0.25) is 0 Å². The highest BCUT2D eigenvalue weighted by atomic mass is 32.2. The standard InChI is InChI=1S/C16H23BN2O4S/c1-15(2)16(3,4)23-17(22-15)13-6-7-14-12(10-13)11-18-19(14)8-9-24(5,20)21/h6-7,10-11H,8-9H2,1-5H3. The lowest BCUT2D eigenvalue weighted by atomic mass is 9.79. The van der Waals surface area contributed by atoms with Gasteiger partial charge in [-0.15, -0.1) is 0 Å². The van der Waals surface area contributed by atoms with Crippen LogP contribution in [0.4, 0.5) is 0 Å². The average Bonchev–Trinajstić information content (AvgIpc) is 2.94. The first kappa shape index (κ1) is 17.4. The van der Waals surface area contributed by atoms with E-state index in [0.717, 1.165) is 16.4 Å². The Labute approximate surface area is 143 Å². The molecule has 1 aliphatic heterocycles. The Morgan fingerprint density at radius 3 is 2.38 bits per heavy atom. The fourth-order valence-electron chi connectivity index (χ4n) is 2.66. The Hall–Kier alpha value is -1.38. The van der Waals surface area contributed by atoms with Crippen molar-refractivity contribution in [3.05, 3.63) is 24.4 Å². The molecular weight excluding hydrogens is 327 g/mol. The summed E-state index contributed by atoms with van der Waals surface area (Å²) in [5, 5.41) is 5.23. The maximum atomic E-state index is 11.3. The van der Waals surface area contributed by atoms with Crippen molar-refractivity contribution in [1.29, 1.82) is 0 Å². The molecule has 1 fully saturated rings. The molecule has 1 aromatic heterocycles. The molecule has 2 aromatic rings. The summed E-state index contributed by atoms with van der Waals surface area (Å²) in [5.41, 5.74) is 1.07. The molecule has 1 aromatic carbocycles. The smallest absolute Gasteiger partial charge is 0.399 e. The van der Waals surface area contributed by atoms with Crippen LogP contribution >= 0.6 is 0 Å². The molecule has 0 radical (unpaired) electrons. The lowest BCUT2D eigenvalue weighted by Gasteiger charge is -2.32. The van der Waals surface area contributed by atoms with Gasteiger partial charge < -0.3 is 9.31 Å². The fraction of sp³-hybridized carbons (Fsp3) is 0.562. The average molecular weight is 350 g/mol. The number of aryl methyl sites for hydroxylation is 1. The second kappa shape index (κ2) is 5.57. The predicted molar refractivity (Wildman–Crippen MR) is 95.2 cm³/mol. The van der Waals surface area contributed by atoms with Crippen LogP contribution in [0.1, 0.15) is 27.7 Å². The zero-order valence-electron chi connectivity index (χ0n) is 14.7. The van der Waals surface area contributed by atoms with E-state index in [1.54, 1.807) is 10.9 Å². The van der Waals surface area contributed by atoms with E-state index >= 15 is 0 Å². The molecule has 0 unspecified atom stereocenters. The third-order valence-corrected chi connectivity index (χ3v) is 5.79. The molecule has 1 aliphatic rings. The Morgan fingerprint density at radius 2 is 1.79 bits per heavy atom. The van der Waals surface area contributed by atoms with Gasteiger partial charge in [-0.05, 0) is 39.2 Å². The van der Waals surface area contributed by atoms with Gasteiger partial charge in [0, 0.05) is 11.6 Å². The number of aromatic nitrogens is 2. The first-order chi connectivity index (χ1) is 11.0. The minimum absolute atomic E-state index is 0.0722.